The number of nitro groups is 1. The van der Waals surface area contributed by atoms with E-state index in [2.05, 4.69) is 10.6 Å². The van der Waals surface area contributed by atoms with Gasteiger partial charge in [-0.3, -0.25) is 19.7 Å². The minimum Gasteiger partial charge on any atom is -0.379 e. The van der Waals surface area contributed by atoms with Crippen LogP contribution in [-0.2, 0) is 4.79 Å². The number of unbranched alkanes of at least 4 members (excludes halogenated alkanes) is 1. The van der Waals surface area contributed by atoms with Crippen LogP contribution in [0.25, 0.3) is 0 Å². The van der Waals surface area contributed by atoms with Gasteiger partial charge in [0.1, 0.15) is 5.69 Å². The Morgan fingerprint density at radius 2 is 2.05 bits per heavy atom. The predicted octanol–water partition coefficient (Wildman–Crippen LogP) is 1.02. The van der Waals surface area contributed by atoms with Gasteiger partial charge in [-0.2, -0.15) is 0 Å². The predicted molar refractivity (Wildman–Crippen MR) is 78.0 cm³/mol. The Morgan fingerprint density at radius 1 is 1.33 bits per heavy atom. The van der Waals surface area contributed by atoms with Gasteiger partial charge in [-0.25, -0.2) is 0 Å². The summed E-state index contributed by atoms with van der Waals surface area (Å²) in [6, 6.07) is 4.12. The van der Waals surface area contributed by atoms with Gasteiger partial charge in [0.15, 0.2) is 0 Å². The SMILES string of the molecule is CNC(=O)c1ccc([N+](=O)[O-])c(NCCCCC(N)=O)c1. The van der Waals surface area contributed by atoms with Gasteiger partial charge in [-0.05, 0) is 25.0 Å². The second-order valence-electron chi connectivity index (χ2n) is 4.42. The van der Waals surface area contributed by atoms with Crippen molar-refractivity contribution in [3.8, 4) is 0 Å². The lowest BCUT2D eigenvalue weighted by molar-refractivity contribution is -0.384. The molecular formula is C13H18N4O4. The van der Waals surface area contributed by atoms with E-state index in [-0.39, 0.29) is 29.6 Å². The van der Waals surface area contributed by atoms with Crippen LogP contribution in [0.2, 0.25) is 0 Å². The molecule has 0 spiro atoms. The number of nitrogens with zero attached hydrogens (tertiary/aromatic N) is 1. The number of carbonyl (C=O) groups excluding carboxylic acids is 2. The molecule has 0 aliphatic carbocycles. The molecule has 2 amide bonds. The fourth-order valence-corrected chi connectivity index (χ4v) is 1.77. The van der Waals surface area contributed by atoms with Gasteiger partial charge in [-0.1, -0.05) is 0 Å². The summed E-state index contributed by atoms with van der Waals surface area (Å²) in [7, 11) is 1.49. The Morgan fingerprint density at radius 3 is 2.62 bits per heavy atom. The van der Waals surface area contributed by atoms with Gasteiger partial charge in [0, 0.05) is 31.6 Å². The third-order valence-electron chi connectivity index (χ3n) is 2.85. The molecule has 1 aromatic rings. The zero-order chi connectivity index (χ0) is 15.8. The first-order chi connectivity index (χ1) is 9.95. The van der Waals surface area contributed by atoms with Gasteiger partial charge in [0.2, 0.25) is 5.91 Å². The molecule has 4 N–H and O–H groups in total. The molecule has 0 aliphatic rings. The molecule has 114 valence electrons. The number of nitrogens with two attached hydrogens (primary N) is 1. The summed E-state index contributed by atoms with van der Waals surface area (Å²) in [6.07, 6.45) is 1.53. The number of nitrogens with one attached hydrogen (secondary N) is 2. The van der Waals surface area contributed by atoms with E-state index in [1.807, 2.05) is 0 Å². The number of primary amides is 1. The summed E-state index contributed by atoms with van der Waals surface area (Å²) in [4.78, 5) is 32.6. The lowest BCUT2D eigenvalue weighted by Crippen LogP contribution is -2.18. The third kappa shape index (κ3) is 5.09. The van der Waals surface area contributed by atoms with Gasteiger partial charge >= 0.3 is 0 Å². The number of amides is 2. The second kappa shape index (κ2) is 7.83. The molecule has 0 bridgehead atoms. The van der Waals surface area contributed by atoms with Crippen molar-refractivity contribution in [2.24, 2.45) is 5.73 Å². The molecule has 21 heavy (non-hydrogen) atoms. The van der Waals surface area contributed by atoms with E-state index in [1.54, 1.807) is 0 Å². The number of carbonyl (C=O) groups is 2. The van der Waals surface area contributed by atoms with E-state index < -0.39 is 4.92 Å². The Kier molecular flexibility index (Phi) is 6.12. The Labute approximate surface area is 121 Å². The molecule has 1 rings (SSSR count). The molecule has 0 aromatic heterocycles. The second-order valence-corrected chi connectivity index (χ2v) is 4.42. The van der Waals surface area contributed by atoms with E-state index in [0.717, 1.165) is 0 Å². The summed E-state index contributed by atoms with van der Waals surface area (Å²) < 4.78 is 0. The number of anilines is 1. The standard InChI is InChI=1S/C13H18N4O4/c1-15-13(19)9-5-6-11(17(20)21)10(8-9)16-7-3-2-4-12(14)18/h5-6,8,16H,2-4,7H2,1H3,(H2,14,18)(H,15,19). The van der Waals surface area contributed by atoms with Crippen molar-refractivity contribution in [3.63, 3.8) is 0 Å². The number of hydrogen-bond acceptors (Lipinski definition) is 5. The van der Waals surface area contributed by atoms with Crippen LogP contribution >= 0.6 is 0 Å². The molecule has 8 heteroatoms. The fraction of sp³-hybridized carbons (Fsp3) is 0.385. The molecule has 0 heterocycles. The average Bonchev–Trinajstić information content (AvgIpc) is 2.45. The highest BCUT2D eigenvalue weighted by atomic mass is 16.6. The number of nitro benzene ring substituents is 1. The molecule has 0 fully saturated rings. The molecule has 0 aliphatic heterocycles. The molecule has 1 aromatic carbocycles. The quantitative estimate of drug-likeness (QED) is 0.375. The van der Waals surface area contributed by atoms with Gasteiger partial charge in [0.05, 0.1) is 4.92 Å². The Bertz CT molecular complexity index is 545. The number of rotatable bonds is 8. The first kappa shape index (κ1) is 16.4. The van der Waals surface area contributed by atoms with Crippen molar-refractivity contribution in [1.82, 2.24) is 5.32 Å². The smallest absolute Gasteiger partial charge is 0.292 e. The summed E-state index contributed by atoms with van der Waals surface area (Å²) in [6.45, 7) is 0.450. The van der Waals surface area contributed by atoms with Crippen LogP contribution in [0, 0.1) is 10.1 Å². The van der Waals surface area contributed by atoms with Crippen molar-refractivity contribution in [3.05, 3.63) is 33.9 Å². The van der Waals surface area contributed by atoms with Crippen LogP contribution < -0.4 is 16.4 Å². The van der Waals surface area contributed by atoms with Gasteiger partial charge in [-0.15, -0.1) is 0 Å². The van der Waals surface area contributed by atoms with Gasteiger partial charge in [0.25, 0.3) is 11.6 Å². The molecule has 8 nitrogen and oxygen atoms in total. The highest BCUT2D eigenvalue weighted by Crippen LogP contribution is 2.25. The average molecular weight is 294 g/mol. The zero-order valence-corrected chi connectivity index (χ0v) is 11.7. The number of hydrogen-bond donors (Lipinski definition) is 3. The fourth-order valence-electron chi connectivity index (χ4n) is 1.77. The minimum atomic E-state index is -0.515. The van der Waals surface area contributed by atoms with Crippen molar-refractivity contribution in [2.75, 3.05) is 18.9 Å². The van der Waals surface area contributed by atoms with Crippen LogP contribution in [0.4, 0.5) is 11.4 Å². The van der Waals surface area contributed by atoms with E-state index in [0.29, 0.717) is 24.9 Å². The largest absolute Gasteiger partial charge is 0.379 e. The normalized spacial score (nSPS) is 9.95. The molecule has 0 atom stereocenters. The Hall–Kier alpha value is -2.64. The van der Waals surface area contributed by atoms with Crippen LogP contribution in [0.15, 0.2) is 18.2 Å². The molecule has 0 radical (unpaired) electrons. The van der Waals surface area contributed by atoms with Crippen LogP contribution in [0.3, 0.4) is 0 Å². The lowest BCUT2D eigenvalue weighted by Gasteiger charge is -2.08. The maximum Gasteiger partial charge on any atom is 0.292 e. The topological polar surface area (TPSA) is 127 Å². The highest BCUT2D eigenvalue weighted by Gasteiger charge is 2.16. The van der Waals surface area contributed by atoms with E-state index in [1.165, 1.54) is 25.2 Å². The Balaban J connectivity index is 2.74. The molecule has 0 saturated carbocycles. The molecular weight excluding hydrogens is 276 g/mol. The zero-order valence-electron chi connectivity index (χ0n) is 11.7. The van der Waals surface area contributed by atoms with Gasteiger partial charge < -0.3 is 16.4 Å². The summed E-state index contributed by atoms with van der Waals surface area (Å²) >= 11 is 0. The number of benzene rings is 1. The first-order valence-electron chi connectivity index (χ1n) is 6.48. The van der Waals surface area contributed by atoms with E-state index >= 15 is 0 Å². The van der Waals surface area contributed by atoms with Crippen LogP contribution in [-0.4, -0.2) is 30.3 Å². The monoisotopic (exact) mass is 294 g/mol. The van der Waals surface area contributed by atoms with Crippen molar-refractivity contribution in [1.29, 1.82) is 0 Å². The van der Waals surface area contributed by atoms with Crippen LogP contribution in [0.5, 0.6) is 0 Å². The third-order valence-corrected chi connectivity index (χ3v) is 2.85. The maximum atomic E-state index is 11.5. The van der Waals surface area contributed by atoms with Crippen molar-refractivity contribution < 1.29 is 14.5 Å². The summed E-state index contributed by atoms with van der Waals surface area (Å²) in [5.74, 6) is -0.690. The minimum absolute atomic E-state index is 0.0995. The van der Waals surface area contributed by atoms with Crippen LogP contribution in [0.1, 0.15) is 29.6 Å². The van der Waals surface area contributed by atoms with Crippen molar-refractivity contribution >= 4 is 23.2 Å². The van der Waals surface area contributed by atoms with Crippen molar-refractivity contribution in [2.45, 2.75) is 19.3 Å². The summed E-state index contributed by atoms with van der Waals surface area (Å²) in [5.41, 5.74) is 5.54. The summed E-state index contributed by atoms with van der Waals surface area (Å²) in [5, 5.41) is 16.3. The first-order valence-corrected chi connectivity index (χ1v) is 6.48. The molecule has 0 unspecified atom stereocenters. The molecule has 0 saturated heterocycles. The van der Waals surface area contributed by atoms with E-state index in [4.69, 9.17) is 5.73 Å². The van der Waals surface area contributed by atoms with E-state index in [9.17, 15) is 19.7 Å². The maximum absolute atomic E-state index is 11.5. The lowest BCUT2D eigenvalue weighted by atomic mass is 10.1. The highest BCUT2D eigenvalue weighted by molar-refractivity contribution is 5.95.